The fraction of sp³-hybridized carbons (Fsp3) is 0.263. The second-order valence-corrected chi connectivity index (χ2v) is 6.74. The topological polar surface area (TPSA) is 111 Å². The van der Waals surface area contributed by atoms with Crippen LogP contribution in [0.2, 0.25) is 0 Å². The highest BCUT2D eigenvalue weighted by molar-refractivity contribution is 5.95. The van der Waals surface area contributed by atoms with Crippen LogP contribution in [0.15, 0.2) is 45.6 Å². The van der Waals surface area contributed by atoms with E-state index in [1.807, 2.05) is 4.90 Å². The van der Waals surface area contributed by atoms with Crippen LogP contribution < -0.4 is 16.0 Å². The van der Waals surface area contributed by atoms with Crippen LogP contribution in [0.1, 0.15) is 12.8 Å². The van der Waals surface area contributed by atoms with E-state index in [4.69, 9.17) is 4.42 Å². The minimum absolute atomic E-state index is 0.000599. The van der Waals surface area contributed by atoms with Crippen molar-refractivity contribution in [2.75, 3.05) is 23.3 Å². The minimum Gasteiger partial charge on any atom is -0.407 e. The Morgan fingerprint density at radius 3 is 2.72 bits per heavy atom. The van der Waals surface area contributed by atoms with Crippen LogP contribution in [0.5, 0.6) is 0 Å². The van der Waals surface area contributed by atoms with Crippen LogP contribution in [0.4, 0.5) is 21.5 Å². The molecule has 2 aromatic carbocycles. The minimum atomic E-state index is -0.830. The Morgan fingerprint density at radius 1 is 1.24 bits per heavy atom. The van der Waals surface area contributed by atoms with Crippen LogP contribution in [0.3, 0.4) is 0 Å². The van der Waals surface area contributed by atoms with E-state index in [0.29, 0.717) is 5.69 Å². The number of rotatable bonds is 5. The van der Waals surface area contributed by atoms with Gasteiger partial charge in [-0.05, 0) is 31.0 Å². The number of hydrogen-bond donors (Lipinski definition) is 1. The summed E-state index contributed by atoms with van der Waals surface area (Å²) in [6, 6.07) is 8.25. The number of oxazole rings is 1. The molecule has 0 aliphatic carbocycles. The maximum Gasteiger partial charge on any atom is 0.420 e. The van der Waals surface area contributed by atoms with E-state index in [-0.39, 0.29) is 22.5 Å². The lowest BCUT2D eigenvalue weighted by Gasteiger charge is -2.22. The smallest absolute Gasteiger partial charge is 0.407 e. The first-order valence-corrected chi connectivity index (χ1v) is 9.05. The molecular weight excluding hydrogens is 383 g/mol. The molecule has 1 amide bonds. The van der Waals surface area contributed by atoms with E-state index in [1.54, 1.807) is 12.1 Å². The number of para-hydroxylation sites is 1. The molecule has 10 heteroatoms. The molecular formula is C19H17FN4O5. The van der Waals surface area contributed by atoms with E-state index in [0.717, 1.165) is 36.6 Å². The first-order valence-electron chi connectivity index (χ1n) is 9.05. The number of non-ortho nitro benzene ring substituents is 1. The third-order valence-corrected chi connectivity index (χ3v) is 4.87. The van der Waals surface area contributed by atoms with Crippen LogP contribution in [0.25, 0.3) is 11.1 Å². The van der Waals surface area contributed by atoms with Crippen molar-refractivity contribution in [3.63, 3.8) is 0 Å². The summed E-state index contributed by atoms with van der Waals surface area (Å²) in [6.45, 7) is 1.13. The number of halogens is 1. The van der Waals surface area contributed by atoms with Gasteiger partial charge in [0, 0.05) is 19.2 Å². The third-order valence-electron chi connectivity index (χ3n) is 4.87. The van der Waals surface area contributed by atoms with Gasteiger partial charge in [0.15, 0.2) is 5.58 Å². The molecule has 1 aliphatic rings. The van der Waals surface area contributed by atoms with Crippen molar-refractivity contribution in [1.29, 1.82) is 0 Å². The fourth-order valence-electron chi connectivity index (χ4n) is 3.50. The highest BCUT2D eigenvalue weighted by atomic mass is 19.1. The second kappa shape index (κ2) is 7.38. The standard InChI is InChI=1S/C19H17FN4O5/c20-13-4-3-5-15(22-8-1-2-9-22)18(13)21-17(25)11-23-14-7-6-12(24(27)28)10-16(14)29-19(23)26/h3-7,10H,1-2,8-9,11H2,(H,21,25). The van der Waals surface area contributed by atoms with Gasteiger partial charge in [0.25, 0.3) is 5.69 Å². The van der Waals surface area contributed by atoms with E-state index >= 15 is 0 Å². The Bertz CT molecular complexity index is 1160. The van der Waals surface area contributed by atoms with Crippen molar-refractivity contribution in [2.45, 2.75) is 19.4 Å². The predicted molar refractivity (Wildman–Crippen MR) is 104 cm³/mol. The number of nitrogens with one attached hydrogen (secondary N) is 1. The number of hydrogen-bond acceptors (Lipinski definition) is 6. The summed E-state index contributed by atoms with van der Waals surface area (Å²) in [7, 11) is 0. The average molecular weight is 400 g/mol. The zero-order valence-corrected chi connectivity index (χ0v) is 15.3. The van der Waals surface area contributed by atoms with Gasteiger partial charge in [0.2, 0.25) is 5.91 Å². The number of amides is 1. The lowest BCUT2D eigenvalue weighted by molar-refractivity contribution is -0.384. The molecule has 3 aromatic rings. The number of aromatic nitrogens is 1. The Kier molecular flexibility index (Phi) is 4.75. The molecule has 1 saturated heterocycles. The van der Waals surface area contributed by atoms with Crippen molar-refractivity contribution in [3.05, 3.63) is 62.9 Å². The van der Waals surface area contributed by atoms with Gasteiger partial charge in [0.05, 0.1) is 22.2 Å². The fourth-order valence-corrected chi connectivity index (χ4v) is 3.50. The van der Waals surface area contributed by atoms with Crippen molar-refractivity contribution >= 4 is 34.1 Å². The molecule has 0 spiro atoms. The Labute approximate surface area is 163 Å². The Hall–Kier alpha value is -3.69. The zero-order chi connectivity index (χ0) is 20.5. The summed E-state index contributed by atoms with van der Waals surface area (Å²) in [5.74, 6) is -2.01. The molecule has 0 unspecified atom stereocenters. The van der Waals surface area contributed by atoms with Gasteiger partial charge < -0.3 is 14.6 Å². The van der Waals surface area contributed by atoms with Crippen molar-refractivity contribution in [3.8, 4) is 0 Å². The second-order valence-electron chi connectivity index (χ2n) is 6.74. The summed E-state index contributed by atoms with van der Waals surface area (Å²) >= 11 is 0. The van der Waals surface area contributed by atoms with E-state index < -0.39 is 28.9 Å². The number of anilines is 2. The van der Waals surface area contributed by atoms with Gasteiger partial charge in [-0.1, -0.05) is 6.07 Å². The first-order chi connectivity index (χ1) is 13.9. The number of benzene rings is 2. The largest absolute Gasteiger partial charge is 0.420 e. The quantitative estimate of drug-likeness (QED) is 0.521. The molecule has 0 radical (unpaired) electrons. The number of nitro groups is 1. The van der Waals surface area contributed by atoms with Crippen LogP contribution in [-0.4, -0.2) is 28.5 Å². The van der Waals surface area contributed by atoms with Gasteiger partial charge in [0.1, 0.15) is 18.0 Å². The third kappa shape index (κ3) is 3.56. The molecule has 1 aliphatic heterocycles. The maximum atomic E-state index is 14.4. The normalized spacial score (nSPS) is 13.8. The van der Waals surface area contributed by atoms with E-state index in [1.165, 1.54) is 18.2 Å². The number of carbonyl (C=O) groups is 1. The molecule has 1 aromatic heterocycles. The van der Waals surface area contributed by atoms with Gasteiger partial charge in [-0.25, -0.2) is 9.18 Å². The number of carbonyl (C=O) groups excluding carboxylic acids is 1. The van der Waals surface area contributed by atoms with E-state index in [9.17, 15) is 24.1 Å². The predicted octanol–water partition coefficient (Wildman–Crippen LogP) is 2.88. The zero-order valence-electron chi connectivity index (χ0n) is 15.3. The Morgan fingerprint density at radius 2 is 2.00 bits per heavy atom. The summed E-state index contributed by atoms with van der Waals surface area (Å²) in [5.41, 5.74) is 0.668. The molecule has 1 fully saturated rings. The number of nitrogens with zero attached hydrogens (tertiary/aromatic N) is 3. The van der Waals surface area contributed by atoms with Crippen LogP contribution in [-0.2, 0) is 11.3 Å². The van der Waals surface area contributed by atoms with Crippen molar-refractivity contribution < 1.29 is 18.5 Å². The Balaban J connectivity index is 1.61. The van der Waals surface area contributed by atoms with Crippen LogP contribution >= 0.6 is 0 Å². The van der Waals surface area contributed by atoms with Gasteiger partial charge in [-0.3, -0.25) is 19.5 Å². The molecule has 29 heavy (non-hydrogen) atoms. The van der Waals surface area contributed by atoms with Crippen molar-refractivity contribution in [1.82, 2.24) is 4.57 Å². The molecule has 9 nitrogen and oxygen atoms in total. The van der Waals surface area contributed by atoms with Gasteiger partial charge in [-0.15, -0.1) is 0 Å². The monoisotopic (exact) mass is 400 g/mol. The molecule has 150 valence electrons. The van der Waals surface area contributed by atoms with Crippen LogP contribution in [0, 0.1) is 15.9 Å². The lowest BCUT2D eigenvalue weighted by Crippen LogP contribution is -2.27. The average Bonchev–Trinajstić information content (AvgIpc) is 3.31. The highest BCUT2D eigenvalue weighted by Crippen LogP contribution is 2.31. The SMILES string of the molecule is O=C(Cn1c(=O)oc2cc([N+](=O)[O-])ccc21)Nc1c(F)cccc1N1CCCC1. The highest BCUT2D eigenvalue weighted by Gasteiger charge is 2.21. The van der Waals surface area contributed by atoms with Crippen molar-refractivity contribution in [2.24, 2.45) is 0 Å². The summed E-state index contributed by atoms with van der Waals surface area (Å²) in [4.78, 5) is 36.9. The summed E-state index contributed by atoms with van der Waals surface area (Å²) in [5, 5.41) is 13.4. The first kappa shape index (κ1) is 18.7. The molecule has 1 N–H and O–H groups in total. The van der Waals surface area contributed by atoms with Gasteiger partial charge >= 0.3 is 5.76 Å². The molecule has 2 heterocycles. The van der Waals surface area contributed by atoms with E-state index in [2.05, 4.69) is 5.32 Å². The lowest BCUT2D eigenvalue weighted by atomic mass is 10.2. The van der Waals surface area contributed by atoms with Gasteiger partial charge in [-0.2, -0.15) is 0 Å². The number of fused-ring (bicyclic) bond motifs is 1. The molecule has 0 saturated carbocycles. The number of nitro benzene ring substituents is 1. The molecule has 0 atom stereocenters. The summed E-state index contributed by atoms with van der Waals surface area (Å²) in [6.07, 6.45) is 1.98. The molecule has 4 rings (SSSR count). The maximum absolute atomic E-state index is 14.4. The summed E-state index contributed by atoms with van der Waals surface area (Å²) < 4.78 is 20.5. The molecule has 0 bridgehead atoms.